The Labute approximate surface area is 105 Å². The van der Waals surface area contributed by atoms with Crippen molar-refractivity contribution in [3.05, 3.63) is 35.9 Å². The van der Waals surface area contributed by atoms with Gasteiger partial charge in [-0.05, 0) is 5.56 Å². The number of carboxylic acid groups (broad SMARTS) is 1. The van der Waals surface area contributed by atoms with E-state index in [0.717, 1.165) is 6.26 Å². The maximum Gasteiger partial charge on any atom is 0.326 e. The summed E-state index contributed by atoms with van der Waals surface area (Å²) in [4.78, 5) is 11.3. The molecule has 5 nitrogen and oxygen atoms in total. The second kappa shape index (κ2) is 3.82. The monoisotopic (exact) mass is 265 g/mol. The molecule has 1 aliphatic rings. The Morgan fingerprint density at radius 1 is 1.39 bits per heavy atom. The van der Waals surface area contributed by atoms with E-state index in [-0.39, 0.29) is 0 Å². The van der Waals surface area contributed by atoms with E-state index in [0.29, 0.717) is 5.56 Å². The van der Waals surface area contributed by atoms with Crippen molar-refractivity contribution in [3.8, 4) is 6.07 Å². The van der Waals surface area contributed by atoms with Crippen LogP contribution in [0.15, 0.2) is 30.3 Å². The minimum absolute atomic E-state index is 0.567. The fraction of sp³-hybridized carbons (Fsp3) is 0.333. The van der Waals surface area contributed by atoms with Gasteiger partial charge < -0.3 is 5.11 Å². The van der Waals surface area contributed by atoms with Crippen molar-refractivity contribution in [1.29, 1.82) is 5.26 Å². The molecular weight excluding hydrogens is 254 g/mol. The first-order valence-electron chi connectivity index (χ1n) is 5.24. The SMILES string of the molecule is CS(=O)(=O)[C@@H]1[C@@H](c2ccccc2)[C@@]1(C#N)C(=O)O. The lowest BCUT2D eigenvalue weighted by molar-refractivity contribution is -0.141. The molecule has 0 amide bonds. The number of aliphatic carboxylic acids is 1. The van der Waals surface area contributed by atoms with Crippen molar-refractivity contribution in [3.63, 3.8) is 0 Å². The van der Waals surface area contributed by atoms with Crippen LogP contribution in [0.25, 0.3) is 0 Å². The van der Waals surface area contributed by atoms with E-state index in [1.807, 2.05) is 0 Å². The third kappa shape index (κ3) is 1.59. The number of nitriles is 1. The van der Waals surface area contributed by atoms with Crippen LogP contribution in [0.3, 0.4) is 0 Å². The highest BCUT2D eigenvalue weighted by molar-refractivity contribution is 7.91. The molecule has 0 aromatic heterocycles. The Morgan fingerprint density at radius 3 is 2.28 bits per heavy atom. The highest BCUT2D eigenvalue weighted by Gasteiger charge is 2.76. The van der Waals surface area contributed by atoms with Crippen LogP contribution in [-0.2, 0) is 14.6 Å². The van der Waals surface area contributed by atoms with Gasteiger partial charge in [0.2, 0.25) is 0 Å². The number of carboxylic acids is 1. The Bertz CT molecular complexity index is 632. The summed E-state index contributed by atoms with van der Waals surface area (Å²) in [7, 11) is -3.60. The van der Waals surface area contributed by atoms with E-state index in [4.69, 9.17) is 5.26 Å². The molecule has 1 aromatic carbocycles. The Kier molecular flexibility index (Phi) is 2.67. The fourth-order valence-corrected chi connectivity index (χ4v) is 4.24. The molecule has 0 bridgehead atoms. The van der Waals surface area contributed by atoms with Gasteiger partial charge in [0.1, 0.15) is 5.25 Å². The molecule has 1 aliphatic carbocycles. The summed E-state index contributed by atoms with van der Waals surface area (Å²) in [5, 5.41) is 17.1. The maximum atomic E-state index is 11.6. The number of benzene rings is 1. The summed E-state index contributed by atoms with van der Waals surface area (Å²) in [6, 6.07) is 10.1. The van der Waals surface area contributed by atoms with Gasteiger partial charge in [0.05, 0.1) is 6.07 Å². The van der Waals surface area contributed by atoms with Crippen LogP contribution in [-0.4, -0.2) is 31.0 Å². The van der Waals surface area contributed by atoms with Crippen LogP contribution in [0.2, 0.25) is 0 Å². The van der Waals surface area contributed by atoms with E-state index in [2.05, 4.69) is 0 Å². The second-order valence-corrected chi connectivity index (χ2v) is 6.59. The van der Waals surface area contributed by atoms with Crippen LogP contribution in [0.4, 0.5) is 0 Å². The normalized spacial score (nSPS) is 30.4. The molecule has 94 valence electrons. The minimum atomic E-state index is -3.60. The molecule has 1 N–H and O–H groups in total. The van der Waals surface area contributed by atoms with Crippen molar-refractivity contribution in [2.75, 3.05) is 6.26 Å². The van der Waals surface area contributed by atoms with Crippen LogP contribution < -0.4 is 0 Å². The third-order valence-electron chi connectivity index (χ3n) is 3.29. The van der Waals surface area contributed by atoms with Crippen LogP contribution in [0.1, 0.15) is 11.5 Å². The lowest BCUT2D eigenvalue weighted by atomic mass is 10.0. The molecule has 0 saturated heterocycles. The number of carbonyl (C=O) groups is 1. The van der Waals surface area contributed by atoms with E-state index < -0.39 is 32.4 Å². The van der Waals surface area contributed by atoms with Crippen LogP contribution >= 0.6 is 0 Å². The van der Waals surface area contributed by atoms with E-state index >= 15 is 0 Å². The summed E-state index contributed by atoms with van der Waals surface area (Å²) in [6.45, 7) is 0. The fourth-order valence-electron chi connectivity index (χ4n) is 2.47. The third-order valence-corrected chi connectivity index (χ3v) is 4.86. The van der Waals surface area contributed by atoms with Crippen molar-refractivity contribution < 1.29 is 18.3 Å². The summed E-state index contributed by atoms with van der Waals surface area (Å²) in [5.74, 6) is -2.18. The molecule has 0 heterocycles. The number of nitrogens with zero attached hydrogens (tertiary/aromatic N) is 1. The molecule has 0 radical (unpaired) electrons. The summed E-state index contributed by atoms with van der Waals surface area (Å²) in [5.41, 5.74) is -1.29. The van der Waals surface area contributed by atoms with Crippen molar-refractivity contribution in [1.82, 2.24) is 0 Å². The summed E-state index contributed by atoms with van der Waals surface area (Å²) >= 11 is 0. The lowest BCUT2D eigenvalue weighted by Gasteiger charge is -2.01. The van der Waals surface area contributed by atoms with Gasteiger partial charge in [-0.15, -0.1) is 0 Å². The van der Waals surface area contributed by atoms with Crippen LogP contribution in [0, 0.1) is 16.7 Å². The highest BCUT2D eigenvalue weighted by Crippen LogP contribution is 2.62. The molecule has 1 saturated carbocycles. The van der Waals surface area contributed by atoms with Crippen molar-refractivity contribution in [2.45, 2.75) is 11.2 Å². The molecule has 18 heavy (non-hydrogen) atoms. The van der Waals surface area contributed by atoms with Gasteiger partial charge in [-0.1, -0.05) is 30.3 Å². The molecule has 1 fully saturated rings. The molecule has 0 unspecified atom stereocenters. The Balaban J connectivity index is 2.55. The summed E-state index contributed by atoms with van der Waals surface area (Å²) in [6.07, 6.45) is 0.968. The van der Waals surface area contributed by atoms with E-state index in [1.54, 1.807) is 36.4 Å². The molecule has 2 rings (SSSR count). The first kappa shape index (κ1) is 12.6. The van der Waals surface area contributed by atoms with Crippen molar-refractivity contribution >= 4 is 15.8 Å². The zero-order valence-electron chi connectivity index (χ0n) is 9.57. The average Bonchev–Trinajstić information content (AvgIpc) is 3.00. The lowest BCUT2D eigenvalue weighted by Crippen LogP contribution is -2.21. The Morgan fingerprint density at radius 2 is 1.94 bits per heavy atom. The van der Waals surface area contributed by atoms with Gasteiger partial charge in [-0.25, -0.2) is 8.42 Å². The van der Waals surface area contributed by atoms with Gasteiger partial charge in [0, 0.05) is 12.2 Å². The number of rotatable bonds is 3. The van der Waals surface area contributed by atoms with Crippen LogP contribution in [0.5, 0.6) is 0 Å². The highest BCUT2D eigenvalue weighted by atomic mass is 32.2. The predicted molar refractivity (Wildman–Crippen MR) is 63.5 cm³/mol. The van der Waals surface area contributed by atoms with Crippen molar-refractivity contribution in [2.24, 2.45) is 5.41 Å². The van der Waals surface area contributed by atoms with E-state index in [9.17, 15) is 18.3 Å². The number of hydrogen-bond donors (Lipinski definition) is 1. The zero-order valence-corrected chi connectivity index (χ0v) is 10.4. The van der Waals surface area contributed by atoms with Gasteiger partial charge in [0.25, 0.3) is 0 Å². The molecular formula is C12H11NO4S. The average molecular weight is 265 g/mol. The van der Waals surface area contributed by atoms with Gasteiger partial charge in [0.15, 0.2) is 15.3 Å². The van der Waals surface area contributed by atoms with Gasteiger partial charge in [-0.2, -0.15) is 5.26 Å². The first-order valence-corrected chi connectivity index (χ1v) is 7.19. The number of hydrogen-bond acceptors (Lipinski definition) is 4. The molecule has 3 atom stereocenters. The first-order chi connectivity index (χ1) is 8.35. The predicted octanol–water partition coefficient (Wildman–Crippen LogP) is 0.792. The topological polar surface area (TPSA) is 95.2 Å². The summed E-state index contributed by atoms with van der Waals surface area (Å²) < 4.78 is 23.3. The quantitative estimate of drug-likeness (QED) is 0.871. The molecule has 6 heteroatoms. The minimum Gasteiger partial charge on any atom is -0.480 e. The molecule has 1 aromatic rings. The smallest absolute Gasteiger partial charge is 0.326 e. The standard InChI is InChI=1S/C12H11NO4S/c1-18(16,17)10-9(8-5-3-2-4-6-8)12(10,7-13)11(14)15/h2-6,9-10H,1H3,(H,14,15)/t9-,10-,12-/m1/s1. The largest absolute Gasteiger partial charge is 0.480 e. The Hall–Kier alpha value is -1.87. The van der Waals surface area contributed by atoms with E-state index in [1.165, 1.54) is 0 Å². The molecule has 0 aliphatic heterocycles. The van der Waals surface area contributed by atoms with Gasteiger partial charge >= 0.3 is 5.97 Å². The van der Waals surface area contributed by atoms with Gasteiger partial charge in [-0.3, -0.25) is 4.79 Å². The second-order valence-electron chi connectivity index (χ2n) is 4.42. The zero-order chi connectivity index (χ0) is 13.6. The maximum absolute atomic E-state index is 11.6. The molecule has 0 spiro atoms. The number of sulfone groups is 1.